The molecule has 0 aromatic heterocycles. The zero-order valence-corrected chi connectivity index (χ0v) is 12.9. The standard InChI is InChI=1S/C15H19F2N3O3/c1-9(23-2)13(21)19-10-4-3-5-11(6-10)20-14(22)12-7-15(16,17)8-18-12/h3-6,9,12,18H,7-8H2,1-2H3,(H,19,21)(H,20,22). The molecule has 0 aliphatic carbocycles. The first-order chi connectivity index (χ1) is 10.8. The number of hydrogen-bond acceptors (Lipinski definition) is 4. The Kier molecular flexibility index (Phi) is 5.27. The number of ether oxygens (including phenoxy) is 1. The van der Waals surface area contributed by atoms with Crippen molar-refractivity contribution in [2.75, 3.05) is 24.3 Å². The summed E-state index contributed by atoms with van der Waals surface area (Å²) in [4.78, 5) is 23.7. The van der Waals surface area contributed by atoms with Crippen LogP contribution in [-0.2, 0) is 14.3 Å². The van der Waals surface area contributed by atoms with Gasteiger partial charge in [-0.25, -0.2) is 8.78 Å². The topological polar surface area (TPSA) is 79.5 Å². The summed E-state index contributed by atoms with van der Waals surface area (Å²) < 4.78 is 31.1. The first-order valence-electron chi connectivity index (χ1n) is 7.16. The van der Waals surface area contributed by atoms with E-state index in [4.69, 9.17) is 4.74 Å². The number of methoxy groups -OCH3 is 1. The SMILES string of the molecule is COC(C)C(=O)Nc1cccc(NC(=O)C2CC(F)(F)CN2)c1. The number of alkyl halides is 2. The summed E-state index contributed by atoms with van der Waals surface area (Å²) in [5, 5.41) is 7.69. The normalized spacial score (nSPS) is 20.8. The summed E-state index contributed by atoms with van der Waals surface area (Å²) in [7, 11) is 1.42. The van der Waals surface area contributed by atoms with Crippen LogP contribution < -0.4 is 16.0 Å². The molecule has 1 aliphatic heterocycles. The van der Waals surface area contributed by atoms with Crippen molar-refractivity contribution >= 4 is 23.2 Å². The lowest BCUT2D eigenvalue weighted by Crippen LogP contribution is -2.35. The van der Waals surface area contributed by atoms with Gasteiger partial charge < -0.3 is 15.4 Å². The molecule has 1 aliphatic rings. The van der Waals surface area contributed by atoms with E-state index in [1.54, 1.807) is 31.2 Å². The van der Waals surface area contributed by atoms with Gasteiger partial charge in [-0.15, -0.1) is 0 Å². The Labute approximate surface area is 132 Å². The molecule has 0 radical (unpaired) electrons. The molecule has 1 fully saturated rings. The highest BCUT2D eigenvalue weighted by atomic mass is 19.3. The summed E-state index contributed by atoms with van der Waals surface area (Å²) >= 11 is 0. The van der Waals surface area contributed by atoms with E-state index in [-0.39, 0.29) is 5.91 Å². The molecule has 2 atom stereocenters. The van der Waals surface area contributed by atoms with Crippen molar-refractivity contribution in [2.45, 2.75) is 31.4 Å². The van der Waals surface area contributed by atoms with Crippen molar-refractivity contribution in [1.82, 2.24) is 5.32 Å². The maximum atomic E-state index is 13.1. The average molecular weight is 327 g/mol. The van der Waals surface area contributed by atoms with Gasteiger partial charge in [-0.3, -0.25) is 14.9 Å². The van der Waals surface area contributed by atoms with Gasteiger partial charge in [-0.05, 0) is 25.1 Å². The lowest BCUT2D eigenvalue weighted by molar-refractivity contribution is -0.124. The molecule has 1 aromatic rings. The highest BCUT2D eigenvalue weighted by Gasteiger charge is 2.42. The summed E-state index contributed by atoms with van der Waals surface area (Å²) in [5.41, 5.74) is 0.885. The monoisotopic (exact) mass is 327 g/mol. The van der Waals surface area contributed by atoms with Gasteiger partial charge in [-0.2, -0.15) is 0 Å². The maximum Gasteiger partial charge on any atom is 0.262 e. The summed E-state index contributed by atoms with van der Waals surface area (Å²) in [5.74, 6) is -3.72. The highest BCUT2D eigenvalue weighted by molar-refractivity contribution is 5.97. The number of nitrogens with one attached hydrogen (secondary N) is 3. The minimum atomic E-state index is -2.87. The average Bonchev–Trinajstić information content (AvgIpc) is 2.87. The van der Waals surface area contributed by atoms with Gasteiger partial charge >= 0.3 is 0 Å². The van der Waals surface area contributed by atoms with Gasteiger partial charge in [0.15, 0.2) is 0 Å². The van der Waals surface area contributed by atoms with E-state index < -0.39 is 36.9 Å². The molecule has 1 aromatic carbocycles. The predicted molar refractivity (Wildman–Crippen MR) is 81.5 cm³/mol. The van der Waals surface area contributed by atoms with E-state index in [1.807, 2.05) is 0 Å². The third-order valence-corrected chi connectivity index (χ3v) is 3.55. The fourth-order valence-electron chi connectivity index (χ4n) is 2.16. The second kappa shape index (κ2) is 7.01. The first-order valence-corrected chi connectivity index (χ1v) is 7.16. The van der Waals surface area contributed by atoms with Crippen LogP contribution in [0.1, 0.15) is 13.3 Å². The Morgan fingerprint density at radius 2 is 2.00 bits per heavy atom. The van der Waals surface area contributed by atoms with Gasteiger partial charge in [0.05, 0.1) is 12.6 Å². The molecule has 2 unspecified atom stereocenters. The zero-order valence-electron chi connectivity index (χ0n) is 12.9. The summed E-state index contributed by atoms with van der Waals surface area (Å²) in [6.07, 6.45) is -1.14. The molecule has 8 heteroatoms. The van der Waals surface area contributed by atoms with Crippen LogP contribution in [0, 0.1) is 0 Å². The molecule has 2 amide bonds. The van der Waals surface area contributed by atoms with E-state index in [9.17, 15) is 18.4 Å². The van der Waals surface area contributed by atoms with Crippen LogP contribution in [-0.4, -0.2) is 43.5 Å². The molecule has 0 bridgehead atoms. The number of hydrogen-bond donors (Lipinski definition) is 3. The van der Waals surface area contributed by atoms with Crippen LogP contribution in [0.4, 0.5) is 20.2 Å². The second-order valence-electron chi connectivity index (χ2n) is 5.43. The van der Waals surface area contributed by atoms with Crippen molar-refractivity contribution in [2.24, 2.45) is 0 Å². The number of halogens is 2. The molecule has 6 nitrogen and oxygen atoms in total. The van der Waals surface area contributed by atoms with Crippen molar-refractivity contribution in [3.8, 4) is 0 Å². The number of carbonyl (C=O) groups is 2. The molecule has 3 N–H and O–H groups in total. The Hall–Kier alpha value is -2.06. The number of anilines is 2. The van der Waals surface area contributed by atoms with Crippen LogP contribution >= 0.6 is 0 Å². The third-order valence-electron chi connectivity index (χ3n) is 3.55. The van der Waals surface area contributed by atoms with E-state index in [0.717, 1.165) is 0 Å². The Balaban J connectivity index is 1.97. The van der Waals surface area contributed by atoms with E-state index in [2.05, 4.69) is 16.0 Å². The minimum absolute atomic E-state index is 0.326. The lowest BCUT2D eigenvalue weighted by atomic mass is 10.1. The Morgan fingerprint density at radius 3 is 2.57 bits per heavy atom. The molecule has 1 saturated heterocycles. The fourth-order valence-corrected chi connectivity index (χ4v) is 2.16. The summed E-state index contributed by atoms with van der Waals surface area (Å²) in [6.45, 7) is 1.10. The largest absolute Gasteiger partial charge is 0.372 e. The van der Waals surface area contributed by atoms with Gasteiger partial charge in [0.2, 0.25) is 5.91 Å². The minimum Gasteiger partial charge on any atom is -0.372 e. The van der Waals surface area contributed by atoms with Crippen LogP contribution in [0.3, 0.4) is 0 Å². The molecule has 1 heterocycles. The number of benzene rings is 1. The maximum absolute atomic E-state index is 13.1. The Bertz CT molecular complexity index is 595. The van der Waals surface area contributed by atoms with Crippen LogP contribution in [0.5, 0.6) is 0 Å². The number of carbonyl (C=O) groups excluding carboxylic acids is 2. The van der Waals surface area contributed by atoms with Gasteiger partial charge in [-0.1, -0.05) is 6.07 Å². The van der Waals surface area contributed by atoms with Crippen molar-refractivity contribution < 1.29 is 23.1 Å². The molecule has 2 rings (SSSR count). The molecule has 23 heavy (non-hydrogen) atoms. The predicted octanol–water partition coefficient (Wildman–Crippen LogP) is 1.60. The quantitative estimate of drug-likeness (QED) is 0.767. The van der Waals surface area contributed by atoms with Crippen molar-refractivity contribution in [1.29, 1.82) is 0 Å². The fraction of sp³-hybridized carbons (Fsp3) is 0.467. The molecule has 126 valence electrons. The van der Waals surface area contributed by atoms with Crippen LogP contribution in [0.25, 0.3) is 0 Å². The van der Waals surface area contributed by atoms with E-state index in [1.165, 1.54) is 7.11 Å². The first kappa shape index (κ1) is 17.3. The second-order valence-corrected chi connectivity index (χ2v) is 5.43. The highest BCUT2D eigenvalue weighted by Crippen LogP contribution is 2.26. The van der Waals surface area contributed by atoms with Crippen molar-refractivity contribution in [3.63, 3.8) is 0 Å². The number of rotatable bonds is 5. The molecular weight excluding hydrogens is 308 g/mol. The van der Waals surface area contributed by atoms with Crippen molar-refractivity contribution in [3.05, 3.63) is 24.3 Å². The van der Waals surface area contributed by atoms with Gasteiger partial charge in [0.25, 0.3) is 11.8 Å². The number of amides is 2. The molecule has 0 spiro atoms. The third kappa shape index (κ3) is 4.70. The van der Waals surface area contributed by atoms with E-state index in [0.29, 0.717) is 11.4 Å². The summed E-state index contributed by atoms with van der Waals surface area (Å²) in [6, 6.07) is 5.51. The molecular formula is C15H19F2N3O3. The smallest absolute Gasteiger partial charge is 0.262 e. The Morgan fingerprint density at radius 1 is 1.35 bits per heavy atom. The lowest BCUT2D eigenvalue weighted by Gasteiger charge is -2.13. The van der Waals surface area contributed by atoms with Crippen LogP contribution in [0.15, 0.2) is 24.3 Å². The van der Waals surface area contributed by atoms with Crippen LogP contribution in [0.2, 0.25) is 0 Å². The van der Waals surface area contributed by atoms with E-state index >= 15 is 0 Å². The van der Waals surface area contributed by atoms with Gasteiger partial charge in [0.1, 0.15) is 6.10 Å². The van der Waals surface area contributed by atoms with Gasteiger partial charge in [0, 0.05) is 24.9 Å². The molecule has 0 saturated carbocycles. The zero-order chi connectivity index (χ0) is 17.0.